The van der Waals surface area contributed by atoms with Gasteiger partial charge in [0.2, 0.25) is 0 Å². The summed E-state index contributed by atoms with van der Waals surface area (Å²) in [6.07, 6.45) is 70.3. The van der Waals surface area contributed by atoms with Crippen LogP contribution in [-0.4, -0.2) is 37.2 Å². The smallest absolute Gasteiger partial charge is 0.306 e. The molecule has 0 amide bonds. The zero-order valence-corrected chi connectivity index (χ0v) is 47.3. The number of rotatable bonds is 58. The van der Waals surface area contributed by atoms with Gasteiger partial charge in [-0.2, -0.15) is 0 Å². The maximum absolute atomic E-state index is 12.9. The van der Waals surface area contributed by atoms with Crippen molar-refractivity contribution in [3.8, 4) is 0 Å². The highest BCUT2D eigenvalue weighted by atomic mass is 16.6. The van der Waals surface area contributed by atoms with Crippen LogP contribution in [0, 0.1) is 0 Å². The van der Waals surface area contributed by atoms with Gasteiger partial charge in [-0.1, -0.05) is 302 Å². The van der Waals surface area contributed by atoms with Crippen molar-refractivity contribution in [2.24, 2.45) is 0 Å². The maximum atomic E-state index is 12.9. The maximum Gasteiger partial charge on any atom is 0.306 e. The van der Waals surface area contributed by atoms with Gasteiger partial charge in [0, 0.05) is 19.3 Å². The van der Waals surface area contributed by atoms with Crippen molar-refractivity contribution < 1.29 is 28.6 Å². The summed E-state index contributed by atoms with van der Waals surface area (Å²) in [4.78, 5) is 38.3. The first-order valence-electron chi connectivity index (χ1n) is 31.3. The molecule has 1 unspecified atom stereocenters. The van der Waals surface area contributed by atoms with Gasteiger partial charge in [0.05, 0.1) is 0 Å². The molecule has 0 heterocycles. The van der Waals surface area contributed by atoms with E-state index >= 15 is 0 Å². The molecule has 0 aromatic heterocycles. The van der Waals surface area contributed by atoms with Gasteiger partial charge in [-0.25, -0.2) is 0 Å². The van der Waals surface area contributed by atoms with Crippen LogP contribution in [0.1, 0.15) is 348 Å². The van der Waals surface area contributed by atoms with Gasteiger partial charge in [0.1, 0.15) is 13.2 Å². The average Bonchev–Trinajstić information content (AvgIpc) is 3.36. The van der Waals surface area contributed by atoms with E-state index in [1.165, 1.54) is 244 Å². The van der Waals surface area contributed by atoms with E-state index in [4.69, 9.17) is 14.2 Å². The van der Waals surface area contributed by atoms with E-state index < -0.39 is 6.10 Å². The van der Waals surface area contributed by atoms with Crippen LogP contribution in [0.5, 0.6) is 0 Å². The fourth-order valence-electron chi connectivity index (χ4n) is 9.48. The Labute approximate surface area is 436 Å². The van der Waals surface area contributed by atoms with Crippen LogP contribution in [0.15, 0.2) is 24.3 Å². The minimum atomic E-state index is -0.768. The second-order valence-corrected chi connectivity index (χ2v) is 21.3. The van der Waals surface area contributed by atoms with Crippen LogP contribution in [0.2, 0.25) is 0 Å². The molecule has 0 aliphatic heterocycles. The predicted molar refractivity (Wildman–Crippen MR) is 303 cm³/mol. The summed E-state index contributed by atoms with van der Waals surface area (Å²) in [5, 5.41) is 0. The third-order valence-corrected chi connectivity index (χ3v) is 14.2. The minimum absolute atomic E-state index is 0.0663. The number of hydrogen-bond donors (Lipinski definition) is 0. The molecule has 0 aromatic carbocycles. The highest BCUT2D eigenvalue weighted by molar-refractivity contribution is 5.71. The van der Waals surface area contributed by atoms with Crippen molar-refractivity contribution in [2.75, 3.05) is 13.2 Å². The SMILES string of the molecule is CCCCCCC/C=C\C/C=C\CCCCCCCCCCCC(=O)OCC(COC(=O)CCCCCCCCCCCCCCCCC)OC(=O)CCCCCCCCCCCCCCCCCC. The topological polar surface area (TPSA) is 78.9 Å². The molecule has 0 aliphatic rings. The molecule has 6 heteroatoms. The fourth-order valence-corrected chi connectivity index (χ4v) is 9.48. The van der Waals surface area contributed by atoms with Crippen LogP contribution in [0.25, 0.3) is 0 Å². The van der Waals surface area contributed by atoms with Crippen LogP contribution >= 0.6 is 0 Å². The van der Waals surface area contributed by atoms with E-state index in [1.807, 2.05) is 0 Å². The summed E-state index contributed by atoms with van der Waals surface area (Å²) in [5.74, 6) is -0.843. The van der Waals surface area contributed by atoms with Gasteiger partial charge < -0.3 is 14.2 Å². The normalized spacial score (nSPS) is 12.1. The van der Waals surface area contributed by atoms with E-state index in [9.17, 15) is 14.4 Å². The first-order chi connectivity index (χ1) is 34.5. The molecule has 0 fully saturated rings. The van der Waals surface area contributed by atoms with E-state index in [0.717, 1.165) is 64.2 Å². The Hall–Kier alpha value is -2.11. The average molecular weight is 986 g/mol. The Balaban J connectivity index is 4.30. The Bertz CT molecular complexity index is 1130. The van der Waals surface area contributed by atoms with Gasteiger partial charge >= 0.3 is 17.9 Å². The number of allylic oxidation sites excluding steroid dienone is 4. The number of hydrogen-bond acceptors (Lipinski definition) is 6. The van der Waals surface area contributed by atoms with Crippen molar-refractivity contribution in [1.29, 1.82) is 0 Å². The highest BCUT2D eigenvalue weighted by Crippen LogP contribution is 2.18. The Morgan fingerprint density at radius 3 is 0.786 bits per heavy atom. The second kappa shape index (κ2) is 59.5. The van der Waals surface area contributed by atoms with E-state index in [2.05, 4.69) is 45.1 Å². The molecule has 0 saturated carbocycles. The predicted octanol–water partition coefficient (Wildman–Crippen LogP) is 21.1. The summed E-state index contributed by atoms with van der Waals surface area (Å²) in [6.45, 7) is 6.69. The molecule has 6 nitrogen and oxygen atoms in total. The lowest BCUT2D eigenvalue weighted by atomic mass is 10.0. The van der Waals surface area contributed by atoms with E-state index in [-0.39, 0.29) is 31.1 Å². The molecule has 0 rings (SSSR count). The zero-order chi connectivity index (χ0) is 50.7. The largest absolute Gasteiger partial charge is 0.462 e. The molecule has 0 aromatic rings. The van der Waals surface area contributed by atoms with Gasteiger partial charge in [-0.05, 0) is 51.4 Å². The lowest BCUT2D eigenvalue weighted by Crippen LogP contribution is -2.30. The van der Waals surface area contributed by atoms with Gasteiger partial charge in [0.25, 0.3) is 0 Å². The van der Waals surface area contributed by atoms with Crippen molar-refractivity contribution >= 4 is 17.9 Å². The second-order valence-electron chi connectivity index (χ2n) is 21.3. The van der Waals surface area contributed by atoms with Crippen LogP contribution in [0.4, 0.5) is 0 Å². The van der Waals surface area contributed by atoms with Crippen LogP contribution in [-0.2, 0) is 28.6 Å². The molecular formula is C64H120O6. The van der Waals surface area contributed by atoms with Gasteiger partial charge in [-0.15, -0.1) is 0 Å². The van der Waals surface area contributed by atoms with Crippen molar-refractivity contribution in [3.63, 3.8) is 0 Å². The molecule has 0 radical (unpaired) electrons. The first-order valence-corrected chi connectivity index (χ1v) is 31.3. The molecule has 0 saturated heterocycles. The van der Waals surface area contributed by atoms with Crippen molar-refractivity contribution in [1.82, 2.24) is 0 Å². The van der Waals surface area contributed by atoms with Crippen molar-refractivity contribution in [2.45, 2.75) is 354 Å². The zero-order valence-electron chi connectivity index (χ0n) is 47.3. The summed E-state index contributed by atoms with van der Waals surface area (Å²) < 4.78 is 16.9. The number of unbranched alkanes of at least 4 members (excludes halogenated alkanes) is 43. The lowest BCUT2D eigenvalue weighted by molar-refractivity contribution is -0.167. The standard InChI is InChI=1S/C64H120O6/c1-4-7-10-13-16-19-22-25-28-30-31-32-33-34-37-39-42-45-48-51-54-57-63(66)69-60-61(59-68-62(65)56-53-50-47-44-41-38-35-27-24-21-18-15-12-9-6-3)70-64(67)58-55-52-49-46-43-40-36-29-26-23-20-17-14-11-8-5-2/h22,25,30-31,61H,4-21,23-24,26-29,32-60H2,1-3H3/b25-22-,31-30-. The summed E-state index contributed by atoms with van der Waals surface area (Å²) >= 11 is 0. The molecule has 0 spiro atoms. The molecular weight excluding hydrogens is 865 g/mol. The molecule has 412 valence electrons. The third kappa shape index (κ3) is 56.8. The molecule has 0 bridgehead atoms. The third-order valence-electron chi connectivity index (χ3n) is 14.2. The number of carbonyl (C=O) groups excluding carboxylic acids is 3. The molecule has 70 heavy (non-hydrogen) atoms. The van der Waals surface area contributed by atoms with E-state index in [0.29, 0.717) is 19.3 Å². The molecule has 0 aliphatic carbocycles. The van der Waals surface area contributed by atoms with Crippen LogP contribution in [0.3, 0.4) is 0 Å². The van der Waals surface area contributed by atoms with E-state index in [1.54, 1.807) is 0 Å². The monoisotopic (exact) mass is 985 g/mol. The number of ether oxygens (including phenoxy) is 3. The molecule has 1 atom stereocenters. The van der Waals surface area contributed by atoms with Crippen LogP contribution < -0.4 is 0 Å². The first kappa shape index (κ1) is 67.9. The Kier molecular flexibility index (Phi) is 57.7. The number of esters is 3. The van der Waals surface area contributed by atoms with Gasteiger partial charge in [-0.3, -0.25) is 14.4 Å². The lowest BCUT2D eigenvalue weighted by Gasteiger charge is -2.18. The van der Waals surface area contributed by atoms with Gasteiger partial charge in [0.15, 0.2) is 6.10 Å². The Morgan fingerprint density at radius 2 is 0.514 bits per heavy atom. The quantitative estimate of drug-likeness (QED) is 0.0261. The minimum Gasteiger partial charge on any atom is -0.462 e. The summed E-state index contributed by atoms with van der Waals surface area (Å²) in [5.41, 5.74) is 0. The summed E-state index contributed by atoms with van der Waals surface area (Å²) in [6, 6.07) is 0. The van der Waals surface area contributed by atoms with Crippen molar-refractivity contribution in [3.05, 3.63) is 24.3 Å². The number of carbonyl (C=O) groups is 3. The highest BCUT2D eigenvalue weighted by Gasteiger charge is 2.19. The summed E-state index contributed by atoms with van der Waals surface area (Å²) in [7, 11) is 0. The molecule has 0 N–H and O–H groups in total. The Morgan fingerprint density at radius 1 is 0.286 bits per heavy atom. The fraction of sp³-hybridized carbons (Fsp3) is 0.891.